The van der Waals surface area contributed by atoms with Crippen LogP contribution in [0.15, 0.2) is 48.0 Å². The number of carbonyl (C=O) groups excluding carboxylic acids is 1. The molecule has 1 aromatic carbocycles. The Morgan fingerprint density at radius 2 is 1.76 bits per heavy atom. The van der Waals surface area contributed by atoms with Gasteiger partial charge in [-0.05, 0) is 36.8 Å². The molecule has 2 rings (SSSR count). The van der Waals surface area contributed by atoms with E-state index in [-0.39, 0.29) is 28.9 Å². The van der Waals surface area contributed by atoms with Crippen LogP contribution in [0.1, 0.15) is 40.7 Å². The Labute approximate surface area is 141 Å². The zero-order valence-corrected chi connectivity index (χ0v) is 13.2. The summed E-state index contributed by atoms with van der Waals surface area (Å²) in [7, 11) is 0. The number of carboxylic acids is 1. The lowest BCUT2D eigenvalue weighted by molar-refractivity contribution is -0.137. The average molecular weight is 349 g/mol. The maximum absolute atomic E-state index is 12.6. The standard InChI is InChI=1S/C18H14F3NO3/c1-2-11(17(24)25)10-14-4-3-5-15(22-14)16(23)12-6-8-13(9-7-12)18(19,20)21/h3-10H,2H2,1H3,(H,24,25)/b11-10+. The molecule has 0 aliphatic heterocycles. The second kappa shape index (κ2) is 7.29. The first kappa shape index (κ1) is 18.4. The van der Waals surface area contributed by atoms with Crippen LogP contribution in [0, 0.1) is 0 Å². The van der Waals surface area contributed by atoms with E-state index in [4.69, 9.17) is 5.11 Å². The minimum atomic E-state index is -4.47. The molecule has 0 aliphatic rings. The Hall–Kier alpha value is -2.96. The van der Waals surface area contributed by atoms with Crippen LogP contribution >= 0.6 is 0 Å². The molecule has 0 bridgehead atoms. The summed E-state index contributed by atoms with van der Waals surface area (Å²) in [5.74, 6) is -1.62. The number of aliphatic carboxylic acids is 1. The molecule has 7 heteroatoms. The highest BCUT2D eigenvalue weighted by Gasteiger charge is 2.30. The fourth-order valence-corrected chi connectivity index (χ4v) is 2.11. The largest absolute Gasteiger partial charge is 0.478 e. The van der Waals surface area contributed by atoms with Crippen LogP contribution in [-0.4, -0.2) is 21.8 Å². The zero-order chi connectivity index (χ0) is 18.6. The number of carbonyl (C=O) groups is 2. The van der Waals surface area contributed by atoms with Crippen molar-refractivity contribution >= 4 is 17.8 Å². The van der Waals surface area contributed by atoms with Gasteiger partial charge in [0.05, 0.1) is 11.3 Å². The first-order valence-corrected chi connectivity index (χ1v) is 7.35. The lowest BCUT2D eigenvalue weighted by atomic mass is 10.0. The van der Waals surface area contributed by atoms with Crippen molar-refractivity contribution in [3.05, 3.63) is 70.6 Å². The van der Waals surface area contributed by atoms with Crippen molar-refractivity contribution in [1.82, 2.24) is 4.98 Å². The smallest absolute Gasteiger partial charge is 0.416 e. The fourth-order valence-electron chi connectivity index (χ4n) is 2.11. The van der Waals surface area contributed by atoms with Gasteiger partial charge in [0, 0.05) is 11.1 Å². The molecule has 4 nitrogen and oxygen atoms in total. The summed E-state index contributed by atoms with van der Waals surface area (Å²) < 4.78 is 37.7. The molecule has 130 valence electrons. The van der Waals surface area contributed by atoms with Gasteiger partial charge in [-0.3, -0.25) is 4.79 Å². The highest BCUT2D eigenvalue weighted by molar-refractivity contribution is 6.07. The summed E-state index contributed by atoms with van der Waals surface area (Å²) in [6, 6.07) is 8.33. The number of alkyl halides is 3. The van der Waals surface area contributed by atoms with Gasteiger partial charge in [-0.1, -0.05) is 25.1 Å². The van der Waals surface area contributed by atoms with Crippen molar-refractivity contribution < 1.29 is 27.9 Å². The quantitative estimate of drug-likeness (QED) is 0.649. The molecule has 0 saturated heterocycles. The van der Waals surface area contributed by atoms with E-state index in [2.05, 4.69) is 4.98 Å². The molecule has 0 radical (unpaired) electrons. The van der Waals surface area contributed by atoms with E-state index in [1.807, 2.05) is 0 Å². The predicted octanol–water partition coefficient (Wildman–Crippen LogP) is 4.21. The number of benzene rings is 1. The Morgan fingerprint density at radius 3 is 2.28 bits per heavy atom. The topological polar surface area (TPSA) is 67.3 Å². The normalized spacial score (nSPS) is 12.1. The van der Waals surface area contributed by atoms with Crippen molar-refractivity contribution in [2.75, 3.05) is 0 Å². The van der Waals surface area contributed by atoms with Crippen molar-refractivity contribution in [3.63, 3.8) is 0 Å². The summed E-state index contributed by atoms with van der Waals surface area (Å²) in [6.07, 6.45) is -2.84. The first-order valence-electron chi connectivity index (χ1n) is 7.35. The third kappa shape index (κ3) is 4.53. The van der Waals surface area contributed by atoms with Crippen LogP contribution in [0.2, 0.25) is 0 Å². The highest BCUT2D eigenvalue weighted by Crippen LogP contribution is 2.29. The third-order valence-corrected chi connectivity index (χ3v) is 3.46. The predicted molar refractivity (Wildman–Crippen MR) is 85.0 cm³/mol. The van der Waals surface area contributed by atoms with Crippen molar-refractivity contribution in [2.45, 2.75) is 19.5 Å². The number of rotatable bonds is 5. The molecule has 1 N–H and O–H groups in total. The van der Waals surface area contributed by atoms with Gasteiger partial charge in [0.1, 0.15) is 5.69 Å². The number of aromatic nitrogens is 1. The molecular weight excluding hydrogens is 335 g/mol. The monoisotopic (exact) mass is 349 g/mol. The van der Waals surface area contributed by atoms with E-state index in [0.29, 0.717) is 0 Å². The Bertz CT molecular complexity index is 824. The van der Waals surface area contributed by atoms with Gasteiger partial charge in [-0.15, -0.1) is 0 Å². The number of hydrogen-bond acceptors (Lipinski definition) is 3. The van der Waals surface area contributed by atoms with E-state index < -0.39 is 23.5 Å². The van der Waals surface area contributed by atoms with Crippen LogP contribution in [-0.2, 0) is 11.0 Å². The number of nitrogens with zero attached hydrogens (tertiary/aromatic N) is 1. The molecular formula is C18H14F3NO3. The van der Waals surface area contributed by atoms with Gasteiger partial charge in [-0.25, -0.2) is 9.78 Å². The summed E-state index contributed by atoms with van der Waals surface area (Å²) in [5.41, 5.74) is -0.337. The second-order valence-electron chi connectivity index (χ2n) is 5.18. The average Bonchev–Trinajstić information content (AvgIpc) is 2.58. The molecule has 0 saturated carbocycles. The van der Waals surface area contributed by atoms with Crippen molar-refractivity contribution in [3.8, 4) is 0 Å². The Balaban J connectivity index is 2.31. The number of ketones is 1. The van der Waals surface area contributed by atoms with Crippen LogP contribution in [0.25, 0.3) is 6.08 Å². The van der Waals surface area contributed by atoms with Gasteiger partial charge in [0.25, 0.3) is 0 Å². The third-order valence-electron chi connectivity index (χ3n) is 3.46. The van der Waals surface area contributed by atoms with Crippen molar-refractivity contribution in [2.24, 2.45) is 0 Å². The molecule has 0 unspecified atom stereocenters. The first-order chi connectivity index (χ1) is 11.7. The molecule has 2 aromatic rings. The van der Waals surface area contributed by atoms with E-state index >= 15 is 0 Å². The number of carboxylic acid groups (broad SMARTS) is 1. The molecule has 0 amide bonds. The van der Waals surface area contributed by atoms with E-state index in [1.54, 1.807) is 13.0 Å². The number of hydrogen-bond donors (Lipinski definition) is 1. The summed E-state index contributed by atoms with van der Waals surface area (Å²) in [4.78, 5) is 27.5. The maximum Gasteiger partial charge on any atom is 0.416 e. The zero-order valence-electron chi connectivity index (χ0n) is 13.2. The number of halogens is 3. The highest BCUT2D eigenvalue weighted by atomic mass is 19.4. The van der Waals surface area contributed by atoms with Gasteiger partial charge in [0.15, 0.2) is 0 Å². The summed E-state index contributed by atoms with van der Waals surface area (Å²) in [6.45, 7) is 1.68. The Morgan fingerprint density at radius 1 is 1.12 bits per heavy atom. The van der Waals surface area contributed by atoms with E-state index in [1.165, 1.54) is 18.2 Å². The van der Waals surface area contributed by atoms with Gasteiger partial charge >= 0.3 is 12.1 Å². The maximum atomic E-state index is 12.6. The molecule has 0 fully saturated rings. The Kier molecular flexibility index (Phi) is 5.36. The minimum absolute atomic E-state index is 0.0225. The lowest BCUT2D eigenvalue weighted by Crippen LogP contribution is -2.08. The second-order valence-corrected chi connectivity index (χ2v) is 5.18. The molecule has 0 aliphatic carbocycles. The van der Waals surface area contributed by atoms with Crippen LogP contribution in [0.5, 0.6) is 0 Å². The summed E-state index contributed by atoms with van der Waals surface area (Å²) >= 11 is 0. The van der Waals surface area contributed by atoms with Gasteiger partial charge in [0.2, 0.25) is 5.78 Å². The van der Waals surface area contributed by atoms with Crippen LogP contribution < -0.4 is 0 Å². The molecule has 0 spiro atoms. The molecule has 0 atom stereocenters. The van der Waals surface area contributed by atoms with Gasteiger partial charge in [-0.2, -0.15) is 13.2 Å². The van der Waals surface area contributed by atoms with Crippen LogP contribution in [0.3, 0.4) is 0 Å². The minimum Gasteiger partial charge on any atom is -0.478 e. The SMILES string of the molecule is CC/C(=C\c1cccc(C(=O)c2ccc(C(F)(F)F)cc2)n1)C(=O)O. The number of pyridine rings is 1. The lowest BCUT2D eigenvalue weighted by Gasteiger charge is -2.07. The molecule has 1 heterocycles. The summed E-state index contributed by atoms with van der Waals surface area (Å²) in [5, 5.41) is 9.03. The van der Waals surface area contributed by atoms with Gasteiger partial charge < -0.3 is 5.11 Å². The van der Waals surface area contributed by atoms with E-state index in [0.717, 1.165) is 24.3 Å². The van der Waals surface area contributed by atoms with Crippen molar-refractivity contribution in [1.29, 1.82) is 0 Å². The molecule has 1 aromatic heterocycles. The van der Waals surface area contributed by atoms with E-state index in [9.17, 15) is 22.8 Å². The molecule has 25 heavy (non-hydrogen) atoms. The fraction of sp³-hybridized carbons (Fsp3) is 0.167. The van der Waals surface area contributed by atoms with Crippen LogP contribution in [0.4, 0.5) is 13.2 Å².